The molecular formula is C23H18ClN5O4. The maximum absolute atomic E-state index is 12.1. The Bertz CT molecular complexity index is 1320. The minimum Gasteiger partial charge on any atom is -0.494 e. The molecule has 0 saturated heterocycles. The number of hydrogen-bond donors (Lipinski definition) is 2. The minimum atomic E-state index is -0.559. The number of halogens is 1. The molecule has 2 N–H and O–H groups in total. The number of nitrogens with zero attached hydrogens (tertiary/aromatic N) is 3. The third-order valence-corrected chi connectivity index (χ3v) is 4.90. The molecule has 0 unspecified atom stereocenters. The third kappa shape index (κ3) is 5.16. The van der Waals surface area contributed by atoms with Crippen LogP contribution in [0.1, 0.15) is 5.56 Å². The molecule has 2 heterocycles. The van der Waals surface area contributed by atoms with Crippen LogP contribution in [0, 0.1) is 0 Å². The summed E-state index contributed by atoms with van der Waals surface area (Å²) >= 11 is 6.44. The quantitative estimate of drug-likeness (QED) is 0.567. The highest BCUT2D eigenvalue weighted by atomic mass is 35.5. The van der Waals surface area contributed by atoms with Crippen LogP contribution in [0.15, 0.2) is 66.1 Å². The maximum atomic E-state index is 12.1. The molecule has 10 heteroatoms. The molecule has 166 valence electrons. The van der Waals surface area contributed by atoms with Crippen molar-refractivity contribution in [2.75, 3.05) is 19.0 Å². The Labute approximate surface area is 193 Å². The molecule has 0 atom stereocenters. The number of aromatic nitrogens is 2. The van der Waals surface area contributed by atoms with Crippen molar-refractivity contribution in [3.63, 3.8) is 0 Å². The van der Waals surface area contributed by atoms with Crippen molar-refractivity contribution in [2.24, 2.45) is 4.99 Å². The summed E-state index contributed by atoms with van der Waals surface area (Å²) in [6.07, 6.45) is 7.99. The van der Waals surface area contributed by atoms with Gasteiger partial charge in [0.05, 0.1) is 23.2 Å². The summed E-state index contributed by atoms with van der Waals surface area (Å²) < 4.78 is 11.2. The Kier molecular flexibility index (Phi) is 6.61. The predicted octanol–water partition coefficient (Wildman–Crippen LogP) is 3.56. The van der Waals surface area contributed by atoms with Crippen molar-refractivity contribution >= 4 is 52.0 Å². The molecule has 33 heavy (non-hydrogen) atoms. The number of methoxy groups -OCH3 is 1. The molecule has 3 aromatic rings. The molecule has 0 spiro atoms. The lowest BCUT2D eigenvalue weighted by molar-refractivity contribution is -0.115. The van der Waals surface area contributed by atoms with E-state index in [1.54, 1.807) is 36.4 Å². The number of para-hydroxylation sites is 1. The largest absolute Gasteiger partial charge is 0.494 e. The number of benzene rings is 2. The molecule has 0 fully saturated rings. The summed E-state index contributed by atoms with van der Waals surface area (Å²) in [5.74, 6) is 0.460. The third-order valence-electron chi connectivity index (χ3n) is 4.58. The van der Waals surface area contributed by atoms with Crippen molar-refractivity contribution in [1.29, 1.82) is 0 Å². The zero-order valence-electron chi connectivity index (χ0n) is 17.4. The zero-order valence-corrected chi connectivity index (χ0v) is 18.2. The van der Waals surface area contributed by atoms with E-state index in [4.69, 9.17) is 21.1 Å². The van der Waals surface area contributed by atoms with Crippen molar-refractivity contribution in [1.82, 2.24) is 15.3 Å². The number of nitrogens with one attached hydrogen (secondary N) is 2. The van der Waals surface area contributed by atoms with E-state index in [9.17, 15) is 9.59 Å². The second-order valence-electron chi connectivity index (χ2n) is 6.72. The fourth-order valence-corrected chi connectivity index (χ4v) is 3.30. The van der Waals surface area contributed by atoms with Gasteiger partial charge in [-0.2, -0.15) is 0 Å². The van der Waals surface area contributed by atoms with E-state index in [0.29, 0.717) is 44.5 Å². The van der Waals surface area contributed by atoms with Crippen LogP contribution in [-0.4, -0.2) is 41.7 Å². The lowest BCUT2D eigenvalue weighted by Crippen LogP contribution is -2.14. The lowest BCUT2D eigenvalue weighted by atomic mass is 10.1. The van der Waals surface area contributed by atoms with Crippen LogP contribution in [0.3, 0.4) is 0 Å². The summed E-state index contributed by atoms with van der Waals surface area (Å²) in [7, 11) is 1.53. The van der Waals surface area contributed by atoms with E-state index in [0.717, 1.165) is 6.08 Å². The number of aliphatic imine (C=N–C) groups is 1. The summed E-state index contributed by atoms with van der Waals surface area (Å²) in [5.41, 5.74) is 1.63. The van der Waals surface area contributed by atoms with Crippen molar-refractivity contribution in [2.45, 2.75) is 0 Å². The van der Waals surface area contributed by atoms with E-state index in [2.05, 4.69) is 25.6 Å². The van der Waals surface area contributed by atoms with Crippen LogP contribution in [0.5, 0.6) is 11.5 Å². The number of amides is 2. The lowest BCUT2D eigenvalue weighted by Gasteiger charge is -2.15. The number of carbonyl (C=O) groups excluding carboxylic acids is 2. The zero-order chi connectivity index (χ0) is 23.2. The number of carbonyl (C=O) groups is 2. The first-order valence-corrected chi connectivity index (χ1v) is 10.2. The van der Waals surface area contributed by atoms with Gasteiger partial charge in [0.1, 0.15) is 35.8 Å². The Hall–Kier alpha value is -4.24. The maximum Gasteiger partial charge on any atom is 0.271 e. The van der Waals surface area contributed by atoms with Crippen molar-refractivity contribution < 1.29 is 19.1 Å². The number of fused-ring (bicyclic) bond motifs is 2. The monoisotopic (exact) mass is 463 g/mol. The van der Waals surface area contributed by atoms with E-state index in [1.807, 2.05) is 0 Å². The Morgan fingerprint density at radius 1 is 1.15 bits per heavy atom. The number of hydrogen-bond acceptors (Lipinski definition) is 7. The Morgan fingerprint density at radius 3 is 2.88 bits per heavy atom. The minimum absolute atomic E-state index is 0.125. The summed E-state index contributed by atoms with van der Waals surface area (Å²) in [5, 5.41) is 6.70. The van der Waals surface area contributed by atoms with E-state index < -0.39 is 11.8 Å². The second kappa shape index (κ2) is 9.92. The van der Waals surface area contributed by atoms with Gasteiger partial charge in [0.15, 0.2) is 0 Å². The first kappa shape index (κ1) is 22.0. The molecule has 4 rings (SSSR count). The molecule has 1 aliphatic heterocycles. The van der Waals surface area contributed by atoms with Crippen LogP contribution >= 0.6 is 11.6 Å². The fourth-order valence-electron chi connectivity index (χ4n) is 3.07. The van der Waals surface area contributed by atoms with Gasteiger partial charge < -0.3 is 20.1 Å². The first-order valence-electron chi connectivity index (χ1n) is 9.78. The van der Waals surface area contributed by atoms with E-state index >= 15 is 0 Å². The SMILES string of the molecule is COc1cc2cc3c(ncnc13)Nc1c(Cl)cccc1C=NC(=O)/C=C/NC(=O)/C=C\CO2. The summed E-state index contributed by atoms with van der Waals surface area (Å²) in [4.78, 5) is 36.5. The van der Waals surface area contributed by atoms with Gasteiger partial charge in [0, 0.05) is 36.2 Å². The summed E-state index contributed by atoms with van der Waals surface area (Å²) in [6, 6.07) is 8.65. The van der Waals surface area contributed by atoms with Crippen LogP contribution in [0.4, 0.5) is 11.5 Å². The summed E-state index contributed by atoms with van der Waals surface area (Å²) in [6.45, 7) is 0.125. The molecule has 1 aromatic heterocycles. The highest BCUT2D eigenvalue weighted by Crippen LogP contribution is 2.35. The average Bonchev–Trinajstić information content (AvgIpc) is 2.81. The van der Waals surface area contributed by atoms with E-state index in [1.165, 1.54) is 31.9 Å². The normalized spacial score (nSPS) is 16.1. The van der Waals surface area contributed by atoms with Gasteiger partial charge >= 0.3 is 0 Å². The molecular weight excluding hydrogens is 446 g/mol. The van der Waals surface area contributed by atoms with Crippen molar-refractivity contribution in [3.05, 3.63) is 71.7 Å². The molecule has 0 saturated carbocycles. The average molecular weight is 464 g/mol. The molecule has 2 aromatic carbocycles. The molecule has 9 nitrogen and oxygen atoms in total. The van der Waals surface area contributed by atoms with Crippen LogP contribution in [-0.2, 0) is 9.59 Å². The molecule has 0 radical (unpaired) electrons. The van der Waals surface area contributed by atoms with Crippen LogP contribution in [0.25, 0.3) is 10.9 Å². The van der Waals surface area contributed by atoms with Gasteiger partial charge in [-0.15, -0.1) is 0 Å². The number of anilines is 2. The smallest absolute Gasteiger partial charge is 0.271 e. The van der Waals surface area contributed by atoms with Gasteiger partial charge in [0.2, 0.25) is 5.91 Å². The topological polar surface area (TPSA) is 115 Å². The van der Waals surface area contributed by atoms with Gasteiger partial charge in [-0.25, -0.2) is 15.0 Å². The molecule has 2 amide bonds. The molecule has 2 bridgehead atoms. The van der Waals surface area contributed by atoms with Gasteiger partial charge in [0.25, 0.3) is 5.91 Å². The predicted molar refractivity (Wildman–Crippen MR) is 125 cm³/mol. The van der Waals surface area contributed by atoms with Crippen LogP contribution in [0.2, 0.25) is 5.02 Å². The number of ether oxygens (including phenoxy) is 2. The standard InChI is InChI=1S/C23H18ClN5O4/c1-32-18-11-15-10-16-22(18)27-13-28-23(16)29-21-14(4-2-5-17(21)24)12-26-20(31)7-8-25-19(30)6-3-9-33-15/h2-8,10-13H,9H2,1H3,(H,25,30)(H,27,28,29)/b6-3-,8-7+,26-12?. The van der Waals surface area contributed by atoms with Crippen LogP contribution < -0.4 is 20.1 Å². The van der Waals surface area contributed by atoms with E-state index in [-0.39, 0.29) is 6.61 Å². The molecule has 1 aliphatic rings. The number of rotatable bonds is 1. The highest BCUT2D eigenvalue weighted by Gasteiger charge is 2.14. The van der Waals surface area contributed by atoms with Crippen molar-refractivity contribution in [3.8, 4) is 11.5 Å². The first-order chi connectivity index (χ1) is 16.0. The van der Waals surface area contributed by atoms with Gasteiger partial charge in [-0.3, -0.25) is 9.59 Å². The van der Waals surface area contributed by atoms with Gasteiger partial charge in [-0.1, -0.05) is 23.7 Å². The Morgan fingerprint density at radius 2 is 2.03 bits per heavy atom. The molecule has 0 aliphatic carbocycles. The Balaban J connectivity index is 1.86. The fraction of sp³-hybridized carbons (Fsp3) is 0.0870. The van der Waals surface area contributed by atoms with Gasteiger partial charge in [-0.05, 0) is 18.2 Å². The second-order valence-corrected chi connectivity index (χ2v) is 7.13. The highest BCUT2D eigenvalue weighted by molar-refractivity contribution is 6.34.